The second kappa shape index (κ2) is 10.4. The van der Waals surface area contributed by atoms with Crippen LogP contribution in [0.3, 0.4) is 0 Å². The highest BCUT2D eigenvalue weighted by atomic mass is 19.4. The Balaban J connectivity index is 1.52. The molecule has 1 saturated heterocycles. The number of aromatic nitrogens is 4. The number of carboxylic acid groups (broad SMARTS) is 1. The van der Waals surface area contributed by atoms with Gasteiger partial charge in [-0.3, -0.25) is 19.3 Å². The molecule has 0 unspecified atom stereocenters. The van der Waals surface area contributed by atoms with Crippen LogP contribution in [0.15, 0.2) is 35.2 Å². The van der Waals surface area contributed by atoms with E-state index in [9.17, 15) is 32.7 Å². The van der Waals surface area contributed by atoms with Gasteiger partial charge in [0.05, 0.1) is 12.8 Å². The average Bonchev–Trinajstić information content (AvgIpc) is 3.57. The van der Waals surface area contributed by atoms with Crippen LogP contribution in [0.2, 0.25) is 0 Å². The summed E-state index contributed by atoms with van der Waals surface area (Å²) >= 11 is 0. The predicted octanol–water partition coefficient (Wildman–Crippen LogP) is 2.00. The number of hydrogen-bond donors (Lipinski definition) is 3. The molecular formula is C21H21F3N8O6. The van der Waals surface area contributed by atoms with E-state index in [1.165, 1.54) is 26.7 Å². The molecule has 1 aliphatic rings. The minimum atomic E-state index is -4.80. The number of urea groups is 1. The third-order valence-electron chi connectivity index (χ3n) is 5.35. The van der Waals surface area contributed by atoms with E-state index in [0.717, 1.165) is 18.5 Å². The number of nitrogens with zero attached hydrogens (tertiary/aromatic N) is 7. The molecule has 0 spiro atoms. The standard InChI is InChI=1S/C21H21F3N8O6/c1-29-9-13(16(28-29)31-5-4-30(6-7-33)19(31)35)26-17(34)14-10-38-18(27-14)12-2-3-25-15(8-12)32(20(36)37)11-21(22,23)24/h2-3,8-10,33H,4-7,11H2,1H3,(H,26,34)(H,36,37). The number of pyridine rings is 1. The molecule has 0 saturated carbocycles. The topological polar surface area (TPSA) is 170 Å². The number of carbonyl (C=O) groups excluding carboxylic acids is 2. The number of hydrogen-bond acceptors (Lipinski definition) is 8. The first kappa shape index (κ1) is 26.4. The normalized spacial score (nSPS) is 13.8. The molecule has 0 aromatic carbocycles. The molecular weight excluding hydrogens is 517 g/mol. The Morgan fingerprint density at radius 3 is 2.74 bits per heavy atom. The summed E-state index contributed by atoms with van der Waals surface area (Å²) in [6, 6.07) is 1.97. The highest BCUT2D eigenvalue weighted by molar-refractivity contribution is 6.06. The zero-order valence-corrected chi connectivity index (χ0v) is 19.7. The van der Waals surface area contributed by atoms with Gasteiger partial charge in [-0.1, -0.05) is 0 Å². The molecule has 14 nitrogen and oxygen atoms in total. The van der Waals surface area contributed by atoms with Crippen molar-refractivity contribution in [3.05, 3.63) is 36.5 Å². The minimum Gasteiger partial charge on any atom is -0.465 e. The SMILES string of the molecule is Cn1cc(NC(=O)c2coc(-c3ccnc(N(CC(F)(F)F)C(=O)O)c3)n2)c(N2CCN(CCO)C2=O)n1. The van der Waals surface area contributed by atoms with Gasteiger partial charge in [-0.15, -0.1) is 0 Å². The Morgan fingerprint density at radius 1 is 1.29 bits per heavy atom. The number of β-amino-alcohol motifs (C(OH)–C–C–N with tert-alkyl or cyclic N) is 1. The Kier molecular flexibility index (Phi) is 7.20. The molecule has 4 heterocycles. The number of nitrogens with one attached hydrogen (secondary N) is 1. The van der Waals surface area contributed by atoms with Crippen molar-refractivity contribution in [2.75, 3.05) is 47.9 Å². The summed E-state index contributed by atoms with van der Waals surface area (Å²) in [5, 5.41) is 25.1. The van der Waals surface area contributed by atoms with Gasteiger partial charge in [0.1, 0.15) is 24.3 Å². The first-order chi connectivity index (χ1) is 18.0. The molecule has 3 N–H and O–H groups in total. The molecule has 4 rings (SSSR count). The number of alkyl halides is 3. The van der Waals surface area contributed by atoms with Crippen molar-refractivity contribution in [3.8, 4) is 11.5 Å². The maximum atomic E-state index is 12.9. The summed E-state index contributed by atoms with van der Waals surface area (Å²) in [6.07, 6.45) is -3.09. The van der Waals surface area contributed by atoms with Crippen LogP contribution in [0, 0.1) is 0 Å². The van der Waals surface area contributed by atoms with Gasteiger partial charge in [-0.05, 0) is 12.1 Å². The fourth-order valence-electron chi connectivity index (χ4n) is 3.69. The number of halogens is 3. The number of amides is 4. The summed E-state index contributed by atoms with van der Waals surface area (Å²) in [6.45, 7) is -1.16. The van der Waals surface area contributed by atoms with Crippen LogP contribution >= 0.6 is 0 Å². The van der Waals surface area contributed by atoms with Crippen LogP contribution < -0.4 is 15.1 Å². The van der Waals surface area contributed by atoms with Crippen LogP contribution in [-0.4, -0.2) is 91.9 Å². The van der Waals surface area contributed by atoms with E-state index in [4.69, 9.17) is 9.52 Å². The lowest BCUT2D eigenvalue weighted by molar-refractivity contribution is -0.119. The molecule has 202 valence electrons. The van der Waals surface area contributed by atoms with Gasteiger partial charge in [-0.2, -0.15) is 18.3 Å². The van der Waals surface area contributed by atoms with Gasteiger partial charge in [0.25, 0.3) is 5.91 Å². The zero-order chi connectivity index (χ0) is 27.6. The van der Waals surface area contributed by atoms with E-state index in [0.29, 0.717) is 13.1 Å². The van der Waals surface area contributed by atoms with Crippen molar-refractivity contribution in [2.45, 2.75) is 6.18 Å². The molecule has 3 aromatic heterocycles. The highest BCUT2D eigenvalue weighted by Crippen LogP contribution is 2.29. The van der Waals surface area contributed by atoms with Gasteiger partial charge in [-0.25, -0.2) is 19.6 Å². The lowest BCUT2D eigenvalue weighted by atomic mass is 10.2. The lowest BCUT2D eigenvalue weighted by Gasteiger charge is -2.19. The molecule has 3 aromatic rings. The molecule has 1 fully saturated rings. The van der Waals surface area contributed by atoms with Crippen LogP contribution in [-0.2, 0) is 7.05 Å². The number of aliphatic hydroxyl groups excluding tert-OH is 1. The quantitative estimate of drug-likeness (QED) is 0.388. The number of anilines is 3. The maximum Gasteiger partial charge on any atom is 0.413 e. The van der Waals surface area contributed by atoms with Gasteiger partial charge in [0.15, 0.2) is 11.5 Å². The number of aryl methyl sites for hydroxylation is 1. The zero-order valence-electron chi connectivity index (χ0n) is 19.7. The van der Waals surface area contributed by atoms with Crippen molar-refractivity contribution < 1.29 is 42.2 Å². The van der Waals surface area contributed by atoms with E-state index in [2.05, 4.69) is 20.4 Å². The summed E-state index contributed by atoms with van der Waals surface area (Å²) in [5.41, 5.74) is 0.0843. The molecule has 1 aliphatic heterocycles. The molecule has 4 amide bonds. The van der Waals surface area contributed by atoms with Crippen LogP contribution in [0.25, 0.3) is 11.5 Å². The van der Waals surface area contributed by atoms with Gasteiger partial charge in [0, 0.05) is 38.4 Å². The van der Waals surface area contributed by atoms with E-state index in [1.807, 2.05) is 0 Å². The lowest BCUT2D eigenvalue weighted by Crippen LogP contribution is -2.38. The van der Waals surface area contributed by atoms with Gasteiger partial charge in [0.2, 0.25) is 5.89 Å². The van der Waals surface area contributed by atoms with Crippen molar-refractivity contribution in [1.29, 1.82) is 0 Å². The van der Waals surface area contributed by atoms with E-state index >= 15 is 0 Å². The van der Waals surface area contributed by atoms with Gasteiger partial charge < -0.3 is 24.8 Å². The Morgan fingerprint density at radius 2 is 2.05 bits per heavy atom. The predicted molar refractivity (Wildman–Crippen MR) is 124 cm³/mol. The number of carbonyl (C=O) groups is 3. The van der Waals surface area contributed by atoms with Crippen LogP contribution in [0.4, 0.5) is 40.1 Å². The smallest absolute Gasteiger partial charge is 0.413 e. The number of oxazole rings is 1. The van der Waals surface area contributed by atoms with E-state index < -0.39 is 30.5 Å². The summed E-state index contributed by atoms with van der Waals surface area (Å²) in [4.78, 5) is 47.3. The van der Waals surface area contributed by atoms with Crippen molar-refractivity contribution >= 4 is 35.4 Å². The van der Waals surface area contributed by atoms with E-state index in [1.54, 1.807) is 7.05 Å². The van der Waals surface area contributed by atoms with Crippen molar-refractivity contribution in [2.24, 2.45) is 7.05 Å². The number of rotatable bonds is 8. The Bertz CT molecular complexity index is 1360. The Hall–Kier alpha value is -4.67. The van der Waals surface area contributed by atoms with Crippen LogP contribution in [0.5, 0.6) is 0 Å². The molecule has 0 aliphatic carbocycles. The molecule has 0 atom stereocenters. The average molecular weight is 538 g/mol. The third kappa shape index (κ3) is 5.66. The van der Waals surface area contributed by atoms with Crippen molar-refractivity contribution in [3.63, 3.8) is 0 Å². The summed E-state index contributed by atoms with van der Waals surface area (Å²) in [5.74, 6) is -1.22. The van der Waals surface area contributed by atoms with E-state index in [-0.39, 0.29) is 52.7 Å². The minimum absolute atomic E-state index is 0.0192. The fourth-order valence-corrected chi connectivity index (χ4v) is 3.69. The molecule has 0 radical (unpaired) electrons. The first-order valence-electron chi connectivity index (χ1n) is 11.0. The second-order valence-electron chi connectivity index (χ2n) is 8.06. The third-order valence-corrected chi connectivity index (χ3v) is 5.35. The fraction of sp³-hybridized carbons (Fsp3) is 0.333. The van der Waals surface area contributed by atoms with Crippen molar-refractivity contribution in [1.82, 2.24) is 24.6 Å². The van der Waals surface area contributed by atoms with Gasteiger partial charge >= 0.3 is 18.3 Å². The first-order valence-corrected chi connectivity index (χ1v) is 11.0. The number of aliphatic hydroxyl groups is 1. The molecule has 38 heavy (non-hydrogen) atoms. The maximum absolute atomic E-state index is 12.9. The Labute approximate surface area is 211 Å². The summed E-state index contributed by atoms with van der Waals surface area (Å²) in [7, 11) is 1.60. The second-order valence-corrected chi connectivity index (χ2v) is 8.06. The molecule has 0 bridgehead atoms. The summed E-state index contributed by atoms with van der Waals surface area (Å²) < 4.78 is 45.1. The highest BCUT2D eigenvalue weighted by Gasteiger charge is 2.35. The van der Waals surface area contributed by atoms with Crippen LogP contribution in [0.1, 0.15) is 10.5 Å². The monoisotopic (exact) mass is 538 g/mol. The molecule has 17 heteroatoms. The largest absolute Gasteiger partial charge is 0.465 e.